The molecule has 0 fully saturated rings. The van der Waals surface area contributed by atoms with Crippen molar-refractivity contribution >= 4 is 5.97 Å². The largest absolute Gasteiger partial charge is 0.478 e. The summed E-state index contributed by atoms with van der Waals surface area (Å²) in [6.45, 7) is 8.72. The third kappa shape index (κ3) is 25.3. The van der Waals surface area contributed by atoms with Crippen LogP contribution in [0.4, 0.5) is 0 Å². The molecule has 0 bridgehead atoms. The molecular formula is C20H41NO5. The molecule has 4 N–H and O–H groups in total. The van der Waals surface area contributed by atoms with Crippen LogP contribution in [0.2, 0.25) is 0 Å². The lowest BCUT2D eigenvalue weighted by atomic mass is 10.1. The normalized spacial score (nSPS) is 14.8. The van der Waals surface area contributed by atoms with Crippen molar-refractivity contribution < 1.29 is 25.2 Å². The molecule has 0 amide bonds. The van der Waals surface area contributed by atoms with E-state index < -0.39 is 24.3 Å². The van der Waals surface area contributed by atoms with Crippen LogP contribution < -0.4 is 0 Å². The van der Waals surface area contributed by atoms with Crippen molar-refractivity contribution in [1.29, 1.82) is 0 Å². The molecule has 0 saturated carbocycles. The molecule has 0 spiro atoms. The zero-order chi connectivity index (χ0) is 20.4. The van der Waals surface area contributed by atoms with Crippen molar-refractivity contribution in [3.05, 3.63) is 12.2 Å². The van der Waals surface area contributed by atoms with Gasteiger partial charge in [0.25, 0.3) is 0 Å². The summed E-state index contributed by atoms with van der Waals surface area (Å²) in [4.78, 5) is 11.9. The first-order chi connectivity index (χ1) is 12.2. The van der Waals surface area contributed by atoms with Crippen molar-refractivity contribution in [3.8, 4) is 0 Å². The number of carboxylic acids is 1. The van der Waals surface area contributed by atoms with Crippen LogP contribution in [0.1, 0.15) is 72.6 Å². The maximum absolute atomic E-state index is 10.1. The fourth-order valence-electron chi connectivity index (χ4n) is 2.57. The summed E-state index contributed by atoms with van der Waals surface area (Å²) in [6.07, 6.45) is 10.1. The molecule has 0 aromatic carbocycles. The van der Waals surface area contributed by atoms with Crippen LogP contribution in [-0.4, -0.2) is 69.2 Å². The molecule has 0 radical (unpaired) electrons. The Morgan fingerprint density at radius 1 is 0.846 bits per heavy atom. The van der Waals surface area contributed by atoms with Gasteiger partial charge in [-0.15, -0.1) is 0 Å². The maximum atomic E-state index is 10.1. The van der Waals surface area contributed by atoms with Gasteiger partial charge in [-0.2, -0.15) is 0 Å². The predicted molar refractivity (Wildman–Crippen MR) is 106 cm³/mol. The van der Waals surface area contributed by atoms with Gasteiger partial charge in [0, 0.05) is 25.7 Å². The number of carbonyl (C=O) groups is 1. The Morgan fingerprint density at radius 2 is 1.27 bits per heavy atom. The maximum Gasteiger partial charge on any atom is 0.327 e. The van der Waals surface area contributed by atoms with Crippen molar-refractivity contribution in [1.82, 2.24) is 4.90 Å². The summed E-state index contributed by atoms with van der Waals surface area (Å²) in [7, 11) is 0. The quantitative estimate of drug-likeness (QED) is 0.275. The molecule has 0 saturated heterocycles. The van der Waals surface area contributed by atoms with Gasteiger partial charge in [-0.05, 0) is 33.6 Å². The van der Waals surface area contributed by atoms with Gasteiger partial charge in [0.15, 0.2) is 0 Å². The number of aliphatic hydroxyl groups excluding tert-OH is 3. The van der Waals surface area contributed by atoms with Gasteiger partial charge in [-0.3, -0.25) is 4.90 Å². The molecule has 0 aromatic rings. The summed E-state index contributed by atoms with van der Waals surface area (Å²) < 4.78 is 0. The molecule has 0 aliphatic carbocycles. The molecule has 0 aliphatic heterocycles. The minimum Gasteiger partial charge on any atom is -0.478 e. The Hall–Kier alpha value is -0.950. The van der Waals surface area contributed by atoms with E-state index in [4.69, 9.17) is 20.4 Å². The lowest BCUT2D eigenvalue weighted by Gasteiger charge is -2.25. The highest BCUT2D eigenvalue weighted by Crippen LogP contribution is 2.06. The van der Waals surface area contributed by atoms with Crippen LogP contribution in [0, 0.1) is 0 Å². The number of allylic oxidation sites excluding steroid dienone is 1. The van der Waals surface area contributed by atoms with Gasteiger partial charge in [0.05, 0.1) is 18.3 Å². The van der Waals surface area contributed by atoms with Gasteiger partial charge in [0.1, 0.15) is 0 Å². The average Bonchev–Trinajstić information content (AvgIpc) is 2.48. The van der Waals surface area contributed by atoms with E-state index in [0.717, 1.165) is 12.8 Å². The minimum atomic E-state index is -0.842. The van der Waals surface area contributed by atoms with Crippen LogP contribution in [0.25, 0.3) is 0 Å². The third-order valence-corrected chi connectivity index (χ3v) is 3.55. The zero-order valence-electron chi connectivity index (χ0n) is 17.1. The van der Waals surface area contributed by atoms with Gasteiger partial charge in [-0.25, -0.2) is 4.79 Å². The summed E-state index contributed by atoms with van der Waals surface area (Å²) in [6, 6.07) is 0. The Bertz CT molecular complexity index is 319. The molecule has 156 valence electrons. The average molecular weight is 376 g/mol. The molecule has 0 rings (SSSR count). The lowest BCUT2D eigenvalue weighted by molar-refractivity contribution is -0.131. The van der Waals surface area contributed by atoms with Crippen LogP contribution >= 0.6 is 0 Å². The minimum absolute atomic E-state index is 0.433. The van der Waals surface area contributed by atoms with E-state index in [0.29, 0.717) is 19.6 Å². The molecule has 3 atom stereocenters. The highest BCUT2D eigenvalue weighted by atomic mass is 16.4. The van der Waals surface area contributed by atoms with E-state index in [-0.39, 0.29) is 0 Å². The van der Waals surface area contributed by atoms with Gasteiger partial charge < -0.3 is 20.4 Å². The Morgan fingerprint density at radius 3 is 1.65 bits per heavy atom. The smallest absolute Gasteiger partial charge is 0.327 e. The summed E-state index contributed by atoms with van der Waals surface area (Å²) in [5.41, 5.74) is 0. The Labute approximate surface area is 159 Å². The molecule has 6 nitrogen and oxygen atoms in total. The second-order valence-electron chi connectivity index (χ2n) is 7.06. The van der Waals surface area contributed by atoms with Gasteiger partial charge >= 0.3 is 5.97 Å². The van der Waals surface area contributed by atoms with E-state index in [1.807, 2.05) is 4.90 Å². The molecule has 3 unspecified atom stereocenters. The van der Waals surface area contributed by atoms with Crippen molar-refractivity contribution in [3.63, 3.8) is 0 Å². The number of hydrogen-bond donors (Lipinski definition) is 4. The number of aliphatic hydroxyl groups is 3. The molecule has 0 aliphatic rings. The number of aliphatic carboxylic acids is 1. The van der Waals surface area contributed by atoms with Crippen molar-refractivity contribution in [2.45, 2.75) is 91.0 Å². The highest BCUT2D eigenvalue weighted by Gasteiger charge is 2.12. The Balaban J connectivity index is 0. The first-order valence-corrected chi connectivity index (χ1v) is 9.85. The van der Waals surface area contributed by atoms with Crippen LogP contribution in [0.5, 0.6) is 0 Å². The zero-order valence-corrected chi connectivity index (χ0v) is 17.1. The Kier molecular flexibility index (Phi) is 19.7. The monoisotopic (exact) mass is 375 g/mol. The van der Waals surface area contributed by atoms with E-state index >= 15 is 0 Å². The van der Waals surface area contributed by atoms with Crippen LogP contribution in [0.3, 0.4) is 0 Å². The second-order valence-corrected chi connectivity index (χ2v) is 7.06. The molecular weight excluding hydrogens is 334 g/mol. The first-order valence-electron chi connectivity index (χ1n) is 9.85. The first kappa shape index (κ1) is 27.3. The molecule has 6 heteroatoms. The lowest BCUT2D eigenvalue weighted by Crippen LogP contribution is -2.40. The number of unbranched alkanes of at least 4 members (excludes halogenated alkanes) is 6. The molecule has 26 heavy (non-hydrogen) atoms. The predicted octanol–water partition coefficient (Wildman–Crippen LogP) is 2.81. The number of rotatable bonds is 14. The number of carboxylic acid groups (broad SMARTS) is 1. The number of hydrogen-bond acceptors (Lipinski definition) is 5. The SMILES string of the molecule is CC(O)CN(CC(C)O)CC(C)O.CCCCCCCC/C=C/C(=O)O. The summed E-state index contributed by atoms with van der Waals surface area (Å²) in [5, 5.41) is 35.7. The van der Waals surface area contributed by atoms with E-state index in [1.54, 1.807) is 26.8 Å². The second kappa shape index (κ2) is 18.8. The topological polar surface area (TPSA) is 101 Å². The fraction of sp³-hybridized carbons (Fsp3) is 0.850. The highest BCUT2D eigenvalue weighted by molar-refractivity contribution is 5.79. The van der Waals surface area contributed by atoms with Crippen LogP contribution in [-0.2, 0) is 4.79 Å². The standard InChI is InChI=1S/C11H20O2.C9H21NO3/c1-2-3-4-5-6-7-8-9-10-11(12)13;1-7(11)4-10(5-8(2)12)6-9(3)13/h9-10H,2-8H2,1H3,(H,12,13);7-9,11-13H,4-6H2,1-3H3/b10-9+;. The van der Waals surface area contributed by atoms with Crippen molar-refractivity contribution in [2.75, 3.05) is 19.6 Å². The van der Waals surface area contributed by atoms with E-state index in [2.05, 4.69) is 6.92 Å². The third-order valence-electron chi connectivity index (χ3n) is 3.55. The molecule has 0 heterocycles. The molecule has 0 aromatic heterocycles. The summed E-state index contributed by atoms with van der Waals surface area (Å²) >= 11 is 0. The van der Waals surface area contributed by atoms with Gasteiger partial charge in [-0.1, -0.05) is 45.1 Å². The van der Waals surface area contributed by atoms with Gasteiger partial charge in [0.2, 0.25) is 0 Å². The van der Waals surface area contributed by atoms with Crippen LogP contribution in [0.15, 0.2) is 12.2 Å². The summed E-state index contributed by atoms with van der Waals surface area (Å²) in [5.74, 6) is -0.842. The van der Waals surface area contributed by atoms with E-state index in [9.17, 15) is 4.79 Å². The van der Waals surface area contributed by atoms with E-state index in [1.165, 1.54) is 38.2 Å². The fourth-order valence-corrected chi connectivity index (χ4v) is 2.57. The van der Waals surface area contributed by atoms with Crippen molar-refractivity contribution in [2.24, 2.45) is 0 Å². The number of nitrogens with zero attached hydrogens (tertiary/aromatic N) is 1.